The molecule has 0 amide bonds. The Balaban J connectivity index is 1.78. The van der Waals surface area contributed by atoms with E-state index in [0.717, 1.165) is 33.0 Å². The molecule has 0 fully saturated rings. The molecule has 142 valence electrons. The van der Waals surface area contributed by atoms with Gasteiger partial charge in [-0.1, -0.05) is 66.7 Å². The van der Waals surface area contributed by atoms with Gasteiger partial charge in [0.05, 0.1) is 16.6 Å². The molecule has 0 saturated carbocycles. The number of carbonyl (C=O) groups excluding carboxylic acids is 1. The molecule has 0 saturated heterocycles. The number of hydrogen-bond donors (Lipinski definition) is 0. The van der Waals surface area contributed by atoms with Crippen LogP contribution in [0, 0.1) is 0 Å². The molecule has 0 aliphatic carbocycles. The van der Waals surface area contributed by atoms with Gasteiger partial charge in [-0.05, 0) is 36.4 Å². The molecular formula is C27H18N2O. The lowest BCUT2D eigenvalue weighted by Crippen LogP contribution is -2.11. The second-order valence-electron chi connectivity index (χ2n) is 7.44. The van der Waals surface area contributed by atoms with Gasteiger partial charge in [0.15, 0.2) is 0 Å². The quantitative estimate of drug-likeness (QED) is 0.337. The molecule has 3 heteroatoms. The highest BCUT2D eigenvalue weighted by Gasteiger charge is 2.19. The van der Waals surface area contributed by atoms with Crippen molar-refractivity contribution in [3.8, 4) is 5.69 Å². The predicted octanol–water partition coefficient (Wildman–Crippen LogP) is 6.43. The van der Waals surface area contributed by atoms with E-state index in [0.29, 0.717) is 5.56 Å². The Morgan fingerprint density at radius 1 is 0.600 bits per heavy atom. The van der Waals surface area contributed by atoms with Gasteiger partial charge in [-0.15, -0.1) is 0 Å². The van der Waals surface area contributed by atoms with Crippen molar-refractivity contribution in [1.82, 2.24) is 9.13 Å². The molecule has 0 radical (unpaired) electrons. The summed E-state index contributed by atoms with van der Waals surface area (Å²) in [6.07, 6.45) is 1.88. The molecule has 30 heavy (non-hydrogen) atoms. The second kappa shape index (κ2) is 6.46. The summed E-state index contributed by atoms with van der Waals surface area (Å²) in [6, 6.07) is 34.5. The number of hydrogen-bond acceptors (Lipinski definition) is 1. The maximum Gasteiger partial charge on any atom is 0.262 e. The molecule has 3 nitrogen and oxygen atoms in total. The van der Waals surface area contributed by atoms with Crippen LogP contribution in [0.2, 0.25) is 0 Å². The van der Waals surface area contributed by atoms with E-state index in [9.17, 15) is 4.79 Å². The maximum atomic E-state index is 13.4. The first-order valence-electron chi connectivity index (χ1n) is 10.0. The van der Waals surface area contributed by atoms with Crippen molar-refractivity contribution in [2.75, 3.05) is 0 Å². The van der Waals surface area contributed by atoms with Gasteiger partial charge in [-0.25, -0.2) is 0 Å². The highest BCUT2D eigenvalue weighted by atomic mass is 16.2. The fourth-order valence-corrected chi connectivity index (χ4v) is 4.41. The number of carbonyl (C=O) groups is 1. The zero-order valence-corrected chi connectivity index (χ0v) is 16.2. The summed E-state index contributed by atoms with van der Waals surface area (Å²) in [5, 5.41) is 3.37. The van der Waals surface area contributed by atoms with Crippen molar-refractivity contribution in [2.24, 2.45) is 0 Å². The molecule has 0 aliphatic heterocycles. The molecule has 2 heterocycles. The van der Waals surface area contributed by atoms with E-state index in [-0.39, 0.29) is 5.91 Å². The molecule has 0 N–H and O–H groups in total. The van der Waals surface area contributed by atoms with Gasteiger partial charge in [-0.3, -0.25) is 9.36 Å². The lowest BCUT2D eigenvalue weighted by molar-refractivity contribution is 0.0965. The summed E-state index contributed by atoms with van der Waals surface area (Å²) in [7, 11) is 0. The Labute approximate surface area is 173 Å². The summed E-state index contributed by atoms with van der Waals surface area (Å²) in [6.45, 7) is 0. The van der Waals surface area contributed by atoms with E-state index < -0.39 is 0 Å². The zero-order valence-electron chi connectivity index (χ0n) is 16.2. The minimum Gasteiger partial charge on any atom is -0.307 e. The second-order valence-corrected chi connectivity index (χ2v) is 7.44. The van der Waals surface area contributed by atoms with Crippen LogP contribution in [0.1, 0.15) is 10.4 Å². The van der Waals surface area contributed by atoms with Gasteiger partial charge in [0.25, 0.3) is 5.91 Å². The lowest BCUT2D eigenvalue weighted by Gasteiger charge is -2.11. The van der Waals surface area contributed by atoms with Gasteiger partial charge in [0.2, 0.25) is 0 Å². The first-order valence-corrected chi connectivity index (χ1v) is 10.0. The normalized spacial score (nSPS) is 11.5. The number of nitrogens with zero attached hydrogens (tertiary/aromatic N) is 2. The van der Waals surface area contributed by atoms with Crippen molar-refractivity contribution >= 4 is 38.6 Å². The third kappa shape index (κ3) is 2.36. The third-order valence-corrected chi connectivity index (χ3v) is 5.74. The van der Waals surface area contributed by atoms with Gasteiger partial charge >= 0.3 is 0 Å². The van der Waals surface area contributed by atoms with Crippen LogP contribution in [0.4, 0.5) is 0 Å². The van der Waals surface area contributed by atoms with Gasteiger partial charge in [-0.2, -0.15) is 0 Å². The Bertz CT molecular complexity index is 1540. The standard InChI is InChI=1S/C27H18N2O/c30-27(20-9-3-1-4-10-20)28-18-17-19-15-16-23-22-13-7-8-14-24(22)29(26(23)25(19)28)21-11-5-2-6-12-21/h1-18H. The number of rotatable bonds is 2. The molecule has 0 bridgehead atoms. The van der Waals surface area contributed by atoms with Crippen LogP contribution in [0.25, 0.3) is 38.4 Å². The van der Waals surface area contributed by atoms with E-state index in [2.05, 4.69) is 53.1 Å². The summed E-state index contributed by atoms with van der Waals surface area (Å²) in [5.74, 6) is -0.0250. The monoisotopic (exact) mass is 386 g/mol. The average molecular weight is 386 g/mol. The van der Waals surface area contributed by atoms with Crippen molar-refractivity contribution in [3.63, 3.8) is 0 Å². The van der Waals surface area contributed by atoms with Gasteiger partial charge < -0.3 is 4.57 Å². The van der Waals surface area contributed by atoms with Crippen LogP contribution in [-0.2, 0) is 0 Å². The minimum absolute atomic E-state index is 0.0250. The van der Waals surface area contributed by atoms with Crippen LogP contribution in [0.15, 0.2) is 109 Å². The van der Waals surface area contributed by atoms with Gasteiger partial charge in [0.1, 0.15) is 0 Å². The molecule has 0 spiro atoms. The van der Waals surface area contributed by atoms with Crippen LogP contribution in [-0.4, -0.2) is 15.0 Å². The van der Waals surface area contributed by atoms with Gasteiger partial charge in [0, 0.05) is 33.6 Å². The smallest absolute Gasteiger partial charge is 0.262 e. The van der Waals surface area contributed by atoms with E-state index in [1.54, 1.807) is 4.57 Å². The molecule has 4 aromatic carbocycles. The molecular weight excluding hydrogens is 368 g/mol. The molecule has 0 atom stereocenters. The Kier molecular flexibility index (Phi) is 3.62. The molecule has 2 aromatic heterocycles. The van der Waals surface area contributed by atoms with E-state index in [4.69, 9.17) is 0 Å². The van der Waals surface area contributed by atoms with E-state index in [1.807, 2.05) is 60.8 Å². The van der Waals surface area contributed by atoms with Crippen LogP contribution >= 0.6 is 0 Å². The summed E-state index contributed by atoms with van der Waals surface area (Å²) in [4.78, 5) is 13.4. The highest BCUT2D eigenvalue weighted by Crippen LogP contribution is 2.37. The Hall–Kier alpha value is -4.11. The third-order valence-electron chi connectivity index (χ3n) is 5.74. The van der Waals surface area contributed by atoms with Crippen LogP contribution in [0.3, 0.4) is 0 Å². The number of para-hydroxylation sites is 2. The predicted molar refractivity (Wildman–Crippen MR) is 122 cm³/mol. The fraction of sp³-hybridized carbons (Fsp3) is 0. The van der Waals surface area contributed by atoms with E-state index in [1.165, 1.54) is 5.39 Å². The van der Waals surface area contributed by atoms with Crippen molar-refractivity contribution in [3.05, 3.63) is 115 Å². The average Bonchev–Trinajstić information content (AvgIpc) is 3.39. The molecule has 6 aromatic rings. The number of benzene rings is 4. The Morgan fingerprint density at radius 3 is 2.10 bits per heavy atom. The van der Waals surface area contributed by atoms with Crippen LogP contribution in [0.5, 0.6) is 0 Å². The van der Waals surface area contributed by atoms with Crippen molar-refractivity contribution in [2.45, 2.75) is 0 Å². The first-order chi connectivity index (χ1) is 14.8. The molecule has 0 aliphatic rings. The fourth-order valence-electron chi connectivity index (χ4n) is 4.41. The van der Waals surface area contributed by atoms with E-state index >= 15 is 0 Å². The lowest BCUT2D eigenvalue weighted by atomic mass is 10.1. The van der Waals surface area contributed by atoms with Crippen molar-refractivity contribution in [1.29, 1.82) is 0 Å². The first kappa shape index (κ1) is 16.8. The maximum absolute atomic E-state index is 13.4. The summed E-state index contributed by atoms with van der Waals surface area (Å²) >= 11 is 0. The summed E-state index contributed by atoms with van der Waals surface area (Å²) < 4.78 is 4.05. The minimum atomic E-state index is -0.0250. The number of aromatic nitrogens is 2. The van der Waals surface area contributed by atoms with Crippen LogP contribution < -0.4 is 0 Å². The largest absolute Gasteiger partial charge is 0.307 e. The molecule has 6 rings (SSSR count). The SMILES string of the molecule is O=C(c1ccccc1)n1ccc2ccc3c4ccccc4n(-c4ccccc4)c3c21. The highest BCUT2D eigenvalue weighted by molar-refractivity contribution is 6.20. The number of fused-ring (bicyclic) bond motifs is 5. The zero-order chi connectivity index (χ0) is 20.1. The topological polar surface area (TPSA) is 26.9 Å². The molecule has 0 unspecified atom stereocenters. The summed E-state index contributed by atoms with van der Waals surface area (Å²) in [5.41, 5.74) is 4.87. The Morgan fingerprint density at radius 2 is 1.30 bits per heavy atom. The van der Waals surface area contributed by atoms with Crippen molar-refractivity contribution < 1.29 is 4.79 Å².